The predicted octanol–water partition coefficient (Wildman–Crippen LogP) is 1.41. The largest absolute Gasteiger partial charge is 0.492 e. The Labute approximate surface area is 126 Å². The number of piperidine rings is 1. The minimum atomic E-state index is -0.0779. The maximum absolute atomic E-state index is 11.5. The first kappa shape index (κ1) is 15.8. The van der Waals surface area contributed by atoms with Crippen molar-refractivity contribution >= 4 is 5.97 Å². The molecule has 5 nitrogen and oxygen atoms in total. The highest BCUT2D eigenvalue weighted by Crippen LogP contribution is 2.18. The van der Waals surface area contributed by atoms with E-state index in [0.717, 1.165) is 43.8 Å². The van der Waals surface area contributed by atoms with Crippen LogP contribution in [0.3, 0.4) is 0 Å². The van der Waals surface area contributed by atoms with E-state index in [2.05, 4.69) is 4.90 Å². The minimum Gasteiger partial charge on any atom is -0.492 e. The molecule has 116 valence electrons. The van der Waals surface area contributed by atoms with Crippen molar-refractivity contribution in [3.63, 3.8) is 0 Å². The lowest BCUT2D eigenvalue weighted by molar-refractivity contribution is -0.147. The number of likely N-dealkylation sites (tertiary alicyclic amines) is 1. The van der Waals surface area contributed by atoms with Crippen LogP contribution < -0.4 is 10.5 Å². The second-order valence-corrected chi connectivity index (χ2v) is 5.34. The molecule has 1 heterocycles. The van der Waals surface area contributed by atoms with Crippen LogP contribution in [0.1, 0.15) is 18.4 Å². The van der Waals surface area contributed by atoms with E-state index in [1.165, 1.54) is 7.11 Å². The van der Waals surface area contributed by atoms with Gasteiger partial charge in [0.1, 0.15) is 12.4 Å². The molecule has 0 bridgehead atoms. The number of ether oxygens (including phenoxy) is 2. The van der Waals surface area contributed by atoms with Gasteiger partial charge in [-0.3, -0.25) is 9.69 Å². The summed E-state index contributed by atoms with van der Waals surface area (Å²) >= 11 is 0. The first-order chi connectivity index (χ1) is 10.2. The molecule has 1 aliphatic heterocycles. The first-order valence-electron chi connectivity index (χ1n) is 7.45. The van der Waals surface area contributed by atoms with Crippen LogP contribution in [0.5, 0.6) is 5.75 Å². The first-order valence-corrected chi connectivity index (χ1v) is 7.45. The lowest BCUT2D eigenvalue weighted by atomic mass is 9.97. The van der Waals surface area contributed by atoms with Crippen molar-refractivity contribution in [2.75, 3.05) is 33.4 Å². The highest BCUT2D eigenvalue weighted by Gasteiger charge is 2.25. The maximum atomic E-state index is 11.5. The van der Waals surface area contributed by atoms with Crippen LogP contribution in [0, 0.1) is 5.92 Å². The fourth-order valence-corrected chi connectivity index (χ4v) is 2.57. The van der Waals surface area contributed by atoms with E-state index in [1.54, 1.807) is 0 Å². The summed E-state index contributed by atoms with van der Waals surface area (Å²) in [6, 6.07) is 7.87. The number of carbonyl (C=O) groups is 1. The molecule has 1 aromatic rings. The van der Waals surface area contributed by atoms with Crippen LogP contribution in [-0.4, -0.2) is 44.2 Å². The molecule has 5 heteroatoms. The molecule has 0 atom stereocenters. The van der Waals surface area contributed by atoms with Gasteiger partial charge in [-0.15, -0.1) is 0 Å². The van der Waals surface area contributed by atoms with Crippen molar-refractivity contribution in [1.82, 2.24) is 4.90 Å². The Kier molecular flexibility index (Phi) is 6.02. The molecule has 2 N–H and O–H groups in total. The molecule has 0 saturated carbocycles. The third kappa shape index (κ3) is 4.72. The summed E-state index contributed by atoms with van der Waals surface area (Å²) in [5, 5.41) is 0. The fraction of sp³-hybridized carbons (Fsp3) is 0.562. The lowest BCUT2D eigenvalue weighted by Crippen LogP contribution is -2.38. The average molecular weight is 292 g/mol. The number of nitrogens with zero attached hydrogens (tertiary/aromatic N) is 1. The summed E-state index contributed by atoms with van der Waals surface area (Å²) in [6.07, 6.45) is 1.75. The van der Waals surface area contributed by atoms with Gasteiger partial charge < -0.3 is 15.2 Å². The van der Waals surface area contributed by atoms with Crippen molar-refractivity contribution in [2.45, 2.75) is 19.4 Å². The normalized spacial score (nSPS) is 16.7. The fourth-order valence-electron chi connectivity index (χ4n) is 2.57. The third-order valence-electron chi connectivity index (χ3n) is 3.96. The zero-order valence-corrected chi connectivity index (χ0v) is 12.6. The summed E-state index contributed by atoms with van der Waals surface area (Å²) < 4.78 is 10.5. The number of esters is 1. The van der Waals surface area contributed by atoms with Gasteiger partial charge >= 0.3 is 5.97 Å². The second-order valence-electron chi connectivity index (χ2n) is 5.34. The Balaban J connectivity index is 1.66. The van der Waals surface area contributed by atoms with Gasteiger partial charge in [-0.25, -0.2) is 0 Å². The maximum Gasteiger partial charge on any atom is 0.308 e. The number of methoxy groups -OCH3 is 1. The molecule has 21 heavy (non-hydrogen) atoms. The molecule has 0 aliphatic carbocycles. The summed E-state index contributed by atoms with van der Waals surface area (Å²) in [6.45, 7) is 3.94. The van der Waals surface area contributed by atoms with Gasteiger partial charge in [0.15, 0.2) is 0 Å². The SMILES string of the molecule is COC(=O)C1CCN(CCOc2ccc(CN)cc2)CC1. The zero-order valence-electron chi connectivity index (χ0n) is 12.6. The summed E-state index contributed by atoms with van der Waals surface area (Å²) in [5.41, 5.74) is 6.66. The van der Waals surface area contributed by atoms with E-state index in [-0.39, 0.29) is 11.9 Å². The van der Waals surface area contributed by atoms with Crippen molar-refractivity contribution in [3.8, 4) is 5.75 Å². The number of rotatable bonds is 6. The van der Waals surface area contributed by atoms with Gasteiger partial charge in [-0.05, 0) is 43.6 Å². The van der Waals surface area contributed by atoms with Crippen LogP contribution >= 0.6 is 0 Å². The Morgan fingerprint density at radius 3 is 2.52 bits per heavy atom. The third-order valence-corrected chi connectivity index (χ3v) is 3.96. The Morgan fingerprint density at radius 1 is 1.29 bits per heavy atom. The molecular formula is C16H24N2O3. The van der Waals surface area contributed by atoms with E-state index in [0.29, 0.717) is 13.2 Å². The number of hydrogen-bond acceptors (Lipinski definition) is 5. The number of benzene rings is 1. The molecule has 1 aliphatic rings. The van der Waals surface area contributed by atoms with Crippen LogP contribution in [-0.2, 0) is 16.1 Å². The summed E-state index contributed by atoms with van der Waals surface area (Å²) in [4.78, 5) is 13.8. The summed E-state index contributed by atoms with van der Waals surface area (Å²) in [5.74, 6) is 0.860. The molecule has 0 amide bonds. The van der Waals surface area contributed by atoms with E-state index < -0.39 is 0 Å². The van der Waals surface area contributed by atoms with E-state index in [4.69, 9.17) is 15.2 Å². The van der Waals surface area contributed by atoms with E-state index in [1.807, 2.05) is 24.3 Å². The molecule has 1 saturated heterocycles. The van der Waals surface area contributed by atoms with E-state index in [9.17, 15) is 4.79 Å². The van der Waals surface area contributed by atoms with Crippen molar-refractivity contribution in [2.24, 2.45) is 11.7 Å². The van der Waals surface area contributed by atoms with Crippen molar-refractivity contribution < 1.29 is 14.3 Å². The Morgan fingerprint density at radius 2 is 1.95 bits per heavy atom. The van der Waals surface area contributed by atoms with Crippen molar-refractivity contribution in [3.05, 3.63) is 29.8 Å². The topological polar surface area (TPSA) is 64.8 Å². The quantitative estimate of drug-likeness (QED) is 0.803. The molecule has 0 radical (unpaired) electrons. The molecule has 1 aromatic carbocycles. The number of hydrogen-bond donors (Lipinski definition) is 1. The number of nitrogens with two attached hydrogens (primary N) is 1. The van der Waals surface area contributed by atoms with Gasteiger partial charge in [-0.2, -0.15) is 0 Å². The van der Waals surface area contributed by atoms with Gasteiger partial charge in [-0.1, -0.05) is 12.1 Å². The van der Waals surface area contributed by atoms with Crippen LogP contribution in [0.25, 0.3) is 0 Å². The van der Waals surface area contributed by atoms with Crippen LogP contribution in [0.4, 0.5) is 0 Å². The lowest BCUT2D eigenvalue weighted by Gasteiger charge is -2.30. The van der Waals surface area contributed by atoms with Crippen molar-refractivity contribution in [1.29, 1.82) is 0 Å². The zero-order chi connectivity index (χ0) is 15.1. The monoisotopic (exact) mass is 292 g/mol. The van der Waals surface area contributed by atoms with Gasteiger partial charge in [0.2, 0.25) is 0 Å². The predicted molar refractivity (Wildman–Crippen MR) is 81.0 cm³/mol. The molecule has 0 aromatic heterocycles. The summed E-state index contributed by atoms with van der Waals surface area (Å²) in [7, 11) is 1.46. The minimum absolute atomic E-state index is 0.0657. The smallest absolute Gasteiger partial charge is 0.308 e. The average Bonchev–Trinajstić information content (AvgIpc) is 2.55. The number of carbonyl (C=O) groups excluding carboxylic acids is 1. The van der Waals surface area contributed by atoms with Gasteiger partial charge in [0.05, 0.1) is 13.0 Å². The van der Waals surface area contributed by atoms with Crippen LogP contribution in [0.15, 0.2) is 24.3 Å². The van der Waals surface area contributed by atoms with E-state index >= 15 is 0 Å². The Hall–Kier alpha value is -1.59. The second kappa shape index (κ2) is 8.00. The van der Waals surface area contributed by atoms with Gasteiger partial charge in [0.25, 0.3) is 0 Å². The molecule has 2 rings (SSSR count). The molecule has 1 fully saturated rings. The standard InChI is InChI=1S/C16H24N2O3/c1-20-16(19)14-6-8-18(9-7-14)10-11-21-15-4-2-13(12-17)3-5-15/h2-5,14H,6-12,17H2,1H3. The molecule has 0 spiro atoms. The Bertz CT molecular complexity index is 439. The highest BCUT2D eigenvalue weighted by atomic mass is 16.5. The molecular weight excluding hydrogens is 268 g/mol. The highest BCUT2D eigenvalue weighted by molar-refractivity contribution is 5.72. The van der Waals surface area contributed by atoms with Crippen LogP contribution in [0.2, 0.25) is 0 Å². The van der Waals surface area contributed by atoms with Gasteiger partial charge in [0, 0.05) is 13.1 Å². The molecule has 0 unspecified atom stereocenters.